The summed E-state index contributed by atoms with van der Waals surface area (Å²) in [4.78, 5) is 25.0. The van der Waals surface area contributed by atoms with Gasteiger partial charge in [0.1, 0.15) is 5.75 Å². The number of halogens is 1. The zero-order valence-electron chi connectivity index (χ0n) is 17.3. The molecule has 2 amide bonds. The SMILES string of the molecule is COc1cc(-n2cccc2)c(Cl)cc1C(=O)Nc1ccc(C(=O)NC(C)(C)C)cc1. The molecule has 0 atom stereocenters. The number of hydrogen-bond acceptors (Lipinski definition) is 3. The molecule has 0 spiro atoms. The fraction of sp³-hybridized carbons (Fsp3) is 0.217. The lowest BCUT2D eigenvalue weighted by Crippen LogP contribution is -2.40. The normalized spacial score (nSPS) is 11.1. The van der Waals surface area contributed by atoms with Crippen LogP contribution in [0.15, 0.2) is 60.9 Å². The molecule has 0 aliphatic rings. The van der Waals surface area contributed by atoms with Crippen molar-refractivity contribution in [3.63, 3.8) is 0 Å². The highest BCUT2D eigenvalue weighted by Gasteiger charge is 2.18. The van der Waals surface area contributed by atoms with Gasteiger partial charge in [-0.3, -0.25) is 9.59 Å². The first-order valence-corrected chi connectivity index (χ1v) is 9.80. The zero-order chi connectivity index (χ0) is 21.9. The molecule has 0 unspecified atom stereocenters. The summed E-state index contributed by atoms with van der Waals surface area (Å²) in [5.41, 5.74) is 1.77. The minimum absolute atomic E-state index is 0.172. The molecule has 0 saturated carbocycles. The number of methoxy groups -OCH3 is 1. The lowest BCUT2D eigenvalue weighted by Gasteiger charge is -2.20. The summed E-state index contributed by atoms with van der Waals surface area (Å²) in [7, 11) is 1.50. The Balaban J connectivity index is 1.79. The number of amides is 2. The Kier molecular flexibility index (Phi) is 6.17. The first-order chi connectivity index (χ1) is 14.2. The highest BCUT2D eigenvalue weighted by molar-refractivity contribution is 6.33. The summed E-state index contributed by atoms with van der Waals surface area (Å²) < 4.78 is 7.25. The molecular weight excluding hydrogens is 402 g/mol. The molecule has 2 aromatic carbocycles. The number of benzene rings is 2. The Morgan fingerprint density at radius 3 is 2.20 bits per heavy atom. The topological polar surface area (TPSA) is 72.4 Å². The number of carbonyl (C=O) groups excluding carboxylic acids is 2. The lowest BCUT2D eigenvalue weighted by molar-refractivity contribution is 0.0919. The molecule has 0 fully saturated rings. The van der Waals surface area contributed by atoms with Crippen molar-refractivity contribution in [3.8, 4) is 11.4 Å². The predicted octanol–water partition coefficient (Wildman–Crippen LogP) is 4.92. The van der Waals surface area contributed by atoms with Crippen LogP contribution in [0.3, 0.4) is 0 Å². The fourth-order valence-corrected chi connectivity index (χ4v) is 3.16. The van der Waals surface area contributed by atoms with E-state index in [9.17, 15) is 9.59 Å². The molecule has 0 bridgehead atoms. The van der Waals surface area contributed by atoms with Gasteiger partial charge in [0.15, 0.2) is 0 Å². The summed E-state index contributed by atoms with van der Waals surface area (Å²) >= 11 is 6.40. The number of hydrogen-bond donors (Lipinski definition) is 2. The molecule has 156 valence electrons. The van der Waals surface area contributed by atoms with Gasteiger partial charge in [0.05, 0.1) is 23.4 Å². The van der Waals surface area contributed by atoms with Crippen LogP contribution < -0.4 is 15.4 Å². The van der Waals surface area contributed by atoms with Crippen LogP contribution in [0.2, 0.25) is 5.02 Å². The Morgan fingerprint density at radius 2 is 1.63 bits per heavy atom. The van der Waals surface area contributed by atoms with Crippen molar-refractivity contribution in [1.29, 1.82) is 0 Å². The Morgan fingerprint density at radius 1 is 1.00 bits per heavy atom. The maximum Gasteiger partial charge on any atom is 0.259 e. The van der Waals surface area contributed by atoms with Gasteiger partial charge in [-0.1, -0.05) is 11.6 Å². The number of nitrogens with zero attached hydrogens (tertiary/aromatic N) is 1. The van der Waals surface area contributed by atoms with Gasteiger partial charge in [-0.2, -0.15) is 0 Å². The minimum atomic E-state index is -0.361. The summed E-state index contributed by atoms with van der Waals surface area (Å²) in [6, 6.07) is 13.7. The molecular formula is C23H24ClN3O3. The van der Waals surface area contributed by atoms with Gasteiger partial charge in [0.2, 0.25) is 0 Å². The van der Waals surface area contributed by atoms with E-state index < -0.39 is 0 Å². The predicted molar refractivity (Wildman–Crippen MR) is 119 cm³/mol. The largest absolute Gasteiger partial charge is 0.496 e. The quantitative estimate of drug-likeness (QED) is 0.609. The van der Waals surface area contributed by atoms with E-state index in [4.69, 9.17) is 16.3 Å². The third-order valence-corrected chi connectivity index (χ3v) is 4.59. The Hall–Kier alpha value is -3.25. The van der Waals surface area contributed by atoms with E-state index >= 15 is 0 Å². The third kappa shape index (κ3) is 5.02. The second-order valence-corrected chi connectivity index (χ2v) is 8.24. The van der Waals surface area contributed by atoms with Gasteiger partial charge < -0.3 is 19.9 Å². The highest BCUT2D eigenvalue weighted by Crippen LogP contribution is 2.30. The van der Waals surface area contributed by atoms with Gasteiger partial charge in [-0.05, 0) is 63.2 Å². The first kappa shape index (κ1) is 21.5. The number of aromatic nitrogens is 1. The van der Waals surface area contributed by atoms with E-state index in [1.807, 2.05) is 49.9 Å². The first-order valence-electron chi connectivity index (χ1n) is 9.43. The highest BCUT2D eigenvalue weighted by atomic mass is 35.5. The van der Waals surface area contributed by atoms with Crippen molar-refractivity contribution < 1.29 is 14.3 Å². The Labute approximate surface area is 180 Å². The number of nitrogens with one attached hydrogen (secondary N) is 2. The molecule has 1 aromatic heterocycles. The van der Waals surface area contributed by atoms with Crippen LogP contribution in [0.4, 0.5) is 5.69 Å². The van der Waals surface area contributed by atoms with Crippen molar-refractivity contribution >= 4 is 29.1 Å². The maximum atomic E-state index is 12.8. The maximum absolute atomic E-state index is 12.8. The summed E-state index contributed by atoms with van der Waals surface area (Å²) in [5, 5.41) is 6.14. The lowest BCUT2D eigenvalue weighted by atomic mass is 10.1. The molecule has 7 heteroatoms. The molecule has 0 saturated heterocycles. The van der Waals surface area contributed by atoms with Crippen LogP contribution in [-0.2, 0) is 0 Å². The van der Waals surface area contributed by atoms with Crippen molar-refractivity contribution in [2.75, 3.05) is 12.4 Å². The van der Waals surface area contributed by atoms with Crippen molar-refractivity contribution in [2.45, 2.75) is 26.3 Å². The molecule has 0 aliphatic carbocycles. The van der Waals surface area contributed by atoms with Crippen LogP contribution in [-0.4, -0.2) is 29.0 Å². The van der Waals surface area contributed by atoms with Crippen molar-refractivity contribution in [3.05, 3.63) is 77.1 Å². The van der Waals surface area contributed by atoms with Crippen LogP contribution in [0, 0.1) is 0 Å². The van der Waals surface area contributed by atoms with Gasteiger partial charge in [0, 0.05) is 35.2 Å². The van der Waals surface area contributed by atoms with Gasteiger partial charge in [-0.15, -0.1) is 0 Å². The number of anilines is 1. The van der Waals surface area contributed by atoms with Gasteiger partial charge >= 0.3 is 0 Å². The standard InChI is InChI=1S/C23H24ClN3O3/c1-23(2,3)26-21(28)15-7-9-16(10-8-15)25-22(29)17-13-18(24)19(14-20(17)30-4)27-11-5-6-12-27/h5-14H,1-4H3,(H,25,29)(H,26,28). The van der Waals surface area contributed by atoms with Crippen LogP contribution in [0.5, 0.6) is 5.75 Å². The molecule has 6 nitrogen and oxygen atoms in total. The molecule has 1 heterocycles. The third-order valence-electron chi connectivity index (χ3n) is 4.29. The number of ether oxygens (including phenoxy) is 1. The minimum Gasteiger partial charge on any atom is -0.496 e. The van der Waals surface area contributed by atoms with E-state index in [1.165, 1.54) is 7.11 Å². The molecule has 30 heavy (non-hydrogen) atoms. The van der Waals surface area contributed by atoms with Crippen LogP contribution >= 0.6 is 11.6 Å². The second kappa shape index (κ2) is 8.63. The smallest absolute Gasteiger partial charge is 0.259 e. The monoisotopic (exact) mass is 425 g/mol. The van der Waals surface area contributed by atoms with Crippen LogP contribution in [0.1, 0.15) is 41.5 Å². The second-order valence-electron chi connectivity index (χ2n) is 7.83. The van der Waals surface area contributed by atoms with E-state index in [0.29, 0.717) is 33.3 Å². The van der Waals surface area contributed by atoms with Crippen molar-refractivity contribution in [1.82, 2.24) is 9.88 Å². The van der Waals surface area contributed by atoms with Crippen molar-refractivity contribution in [2.24, 2.45) is 0 Å². The van der Waals surface area contributed by atoms with E-state index in [1.54, 1.807) is 36.4 Å². The van der Waals surface area contributed by atoms with Gasteiger partial charge in [-0.25, -0.2) is 0 Å². The van der Waals surface area contributed by atoms with E-state index in [0.717, 1.165) is 0 Å². The molecule has 0 radical (unpaired) electrons. The molecule has 2 N–H and O–H groups in total. The summed E-state index contributed by atoms with van der Waals surface area (Å²) in [5.74, 6) is -0.129. The molecule has 3 rings (SSSR count). The Bertz CT molecular complexity index is 1050. The number of carbonyl (C=O) groups is 2. The number of rotatable bonds is 5. The van der Waals surface area contributed by atoms with Crippen LogP contribution in [0.25, 0.3) is 5.69 Å². The molecule has 0 aliphatic heterocycles. The average molecular weight is 426 g/mol. The summed E-state index contributed by atoms with van der Waals surface area (Å²) in [6.45, 7) is 5.75. The average Bonchev–Trinajstić information content (AvgIpc) is 3.21. The van der Waals surface area contributed by atoms with E-state index in [-0.39, 0.29) is 17.4 Å². The summed E-state index contributed by atoms with van der Waals surface area (Å²) in [6.07, 6.45) is 3.72. The molecule has 3 aromatic rings. The fourth-order valence-electron chi connectivity index (χ4n) is 2.90. The van der Waals surface area contributed by atoms with E-state index in [2.05, 4.69) is 10.6 Å². The van der Waals surface area contributed by atoms with Gasteiger partial charge in [0.25, 0.3) is 11.8 Å². The zero-order valence-corrected chi connectivity index (χ0v) is 18.1.